The third kappa shape index (κ3) is 2.16. The van der Waals surface area contributed by atoms with Crippen LogP contribution < -0.4 is 11.5 Å². The number of primary amides is 1. The van der Waals surface area contributed by atoms with Crippen LogP contribution in [0.3, 0.4) is 0 Å². The number of anilines is 1. The van der Waals surface area contributed by atoms with E-state index in [1.165, 1.54) is 0 Å². The molecular formula is C15H13N5O. The first kappa shape index (κ1) is 13.0. The van der Waals surface area contributed by atoms with Crippen molar-refractivity contribution >= 4 is 22.5 Å². The summed E-state index contributed by atoms with van der Waals surface area (Å²) < 4.78 is 0. The third-order valence-electron chi connectivity index (χ3n) is 3.25. The van der Waals surface area contributed by atoms with Gasteiger partial charge in [-0.3, -0.25) is 9.78 Å². The lowest BCUT2D eigenvalue weighted by Crippen LogP contribution is -2.18. The molecule has 2 aromatic heterocycles. The molecule has 4 N–H and O–H groups in total. The van der Waals surface area contributed by atoms with E-state index in [1.807, 2.05) is 30.3 Å². The lowest BCUT2D eigenvalue weighted by atomic mass is 10.1. The lowest BCUT2D eigenvalue weighted by Gasteiger charge is -2.09. The number of amides is 1. The second-order valence-electron chi connectivity index (χ2n) is 4.64. The summed E-state index contributed by atoms with van der Waals surface area (Å²) in [6.45, 7) is 1.67. The minimum absolute atomic E-state index is 0.0692. The van der Waals surface area contributed by atoms with E-state index in [2.05, 4.69) is 15.0 Å². The predicted molar refractivity (Wildman–Crippen MR) is 80.4 cm³/mol. The molecule has 2 heterocycles. The average molecular weight is 279 g/mol. The lowest BCUT2D eigenvalue weighted by molar-refractivity contribution is 0.1000. The number of hydrogen-bond donors (Lipinski definition) is 2. The fourth-order valence-corrected chi connectivity index (χ4v) is 2.30. The second-order valence-corrected chi connectivity index (χ2v) is 4.64. The number of nitrogens with two attached hydrogens (primary N) is 2. The average Bonchev–Trinajstić information content (AvgIpc) is 2.45. The van der Waals surface area contributed by atoms with Crippen LogP contribution in [0.2, 0.25) is 0 Å². The molecule has 0 radical (unpaired) electrons. The van der Waals surface area contributed by atoms with Gasteiger partial charge in [0.1, 0.15) is 17.1 Å². The van der Waals surface area contributed by atoms with Gasteiger partial charge in [0, 0.05) is 11.6 Å². The highest BCUT2D eigenvalue weighted by Crippen LogP contribution is 2.25. The summed E-state index contributed by atoms with van der Waals surface area (Å²) in [4.78, 5) is 24.2. The molecule has 0 unspecified atom stereocenters. The summed E-state index contributed by atoms with van der Waals surface area (Å²) in [5.41, 5.74) is 12.3. The standard InChI is InChI=1S/C15H13N5O/c1-8-11(14(17)21)13(16)20-15(19-8)12-10-5-3-2-4-9(10)6-7-18-12/h2-7H,1H3,(H2,17,21)(H2,16,19,20). The SMILES string of the molecule is Cc1nc(-c2nccc3ccccc23)nc(N)c1C(N)=O. The number of hydrogen-bond acceptors (Lipinski definition) is 5. The van der Waals surface area contributed by atoms with Gasteiger partial charge >= 0.3 is 0 Å². The molecule has 0 saturated carbocycles. The Hall–Kier alpha value is -3.02. The number of carbonyl (C=O) groups is 1. The molecule has 0 saturated heterocycles. The van der Waals surface area contributed by atoms with E-state index >= 15 is 0 Å². The Balaban J connectivity index is 2.27. The highest BCUT2D eigenvalue weighted by Gasteiger charge is 2.16. The maximum atomic E-state index is 11.3. The Kier molecular flexibility index (Phi) is 2.98. The highest BCUT2D eigenvalue weighted by atomic mass is 16.1. The molecule has 104 valence electrons. The van der Waals surface area contributed by atoms with Gasteiger partial charge in [-0.25, -0.2) is 9.97 Å². The van der Waals surface area contributed by atoms with E-state index in [1.54, 1.807) is 13.1 Å². The van der Waals surface area contributed by atoms with Crippen molar-refractivity contribution in [1.82, 2.24) is 15.0 Å². The molecule has 21 heavy (non-hydrogen) atoms. The van der Waals surface area contributed by atoms with Gasteiger partial charge < -0.3 is 11.5 Å². The number of aryl methyl sites for hydroxylation is 1. The molecule has 0 fully saturated rings. The Labute approximate surface area is 120 Å². The molecule has 0 atom stereocenters. The van der Waals surface area contributed by atoms with Gasteiger partial charge in [-0.15, -0.1) is 0 Å². The molecule has 6 heteroatoms. The zero-order valence-corrected chi connectivity index (χ0v) is 11.4. The number of fused-ring (bicyclic) bond motifs is 1. The van der Waals surface area contributed by atoms with E-state index < -0.39 is 5.91 Å². The highest BCUT2D eigenvalue weighted by molar-refractivity contribution is 5.99. The first-order chi connectivity index (χ1) is 10.1. The van der Waals surface area contributed by atoms with Gasteiger partial charge in [0.05, 0.1) is 5.69 Å². The van der Waals surface area contributed by atoms with E-state index in [0.29, 0.717) is 17.2 Å². The fourth-order valence-electron chi connectivity index (χ4n) is 2.30. The first-order valence-electron chi connectivity index (χ1n) is 6.36. The van der Waals surface area contributed by atoms with Crippen LogP contribution in [0, 0.1) is 6.92 Å². The fraction of sp³-hybridized carbons (Fsp3) is 0.0667. The zero-order valence-electron chi connectivity index (χ0n) is 11.4. The third-order valence-corrected chi connectivity index (χ3v) is 3.25. The zero-order chi connectivity index (χ0) is 15.0. The molecule has 6 nitrogen and oxygen atoms in total. The molecule has 0 spiro atoms. The van der Waals surface area contributed by atoms with Crippen molar-refractivity contribution in [3.63, 3.8) is 0 Å². The van der Waals surface area contributed by atoms with Crippen molar-refractivity contribution in [2.75, 3.05) is 5.73 Å². The summed E-state index contributed by atoms with van der Waals surface area (Å²) in [7, 11) is 0. The molecule has 0 aliphatic heterocycles. The summed E-state index contributed by atoms with van der Waals surface area (Å²) >= 11 is 0. The minimum Gasteiger partial charge on any atom is -0.383 e. The first-order valence-corrected chi connectivity index (χ1v) is 6.36. The Morgan fingerprint density at radius 3 is 2.62 bits per heavy atom. The van der Waals surface area contributed by atoms with Crippen LogP contribution in [-0.2, 0) is 0 Å². The number of pyridine rings is 1. The second kappa shape index (κ2) is 4.82. The van der Waals surface area contributed by atoms with E-state index in [9.17, 15) is 4.79 Å². The molecule has 0 bridgehead atoms. The quantitative estimate of drug-likeness (QED) is 0.742. The molecular weight excluding hydrogens is 266 g/mol. The summed E-state index contributed by atoms with van der Waals surface area (Å²) in [6, 6.07) is 9.69. The van der Waals surface area contributed by atoms with Crippen LogP contribution in [0.5, 0.6) is 0 Å². The van der Waals surface area contributed by atoms with Crippen LogP contribution in [0.4, 0.5) is 5.82 Å². The minimum atomic E-state index is -0.637. The number of nitrogen functional groups attached to an aromatic ring is 1. The number of rotatable bonds is 2. The van der Waals surface area contributed by atoms with E-state index in [0.717, 1.165) is 10.8 Å². The Bertz CT molecular complexity index is 831. The van der Waals surface area contributed by atoms with Gasteiger partial charge in [-0.1, -0.05) is 24.3 Å². The van der Waals surface area contributed by atoms with Crippen molar-refractivity contribution in [3.05, 3.63) is 47.8 Å². The maximum absolute atomic E-state index is 11.3. The van der Waals surface area contributed by atoms with Crippen LogP contribution >= 0.6 is 0 Å². The van der Waals surface area contributed by atoms with E-state index in [4.69, 9.17) is 11.5 Å². The van der Waals surface area contributed by atoms with Gasteiger partial charge in [0.15, 0.2) is 5.82 Å². The van der Waals surface area contributed by atoms with Crippen molar-refractivity contribution < 1.29 is 4.79 Å². The predicted octanol–water partition coefficient (Wildman–Crippen LogP) is 1.68. The van der Waals surface area contributed by atoms with Gasteiger partial charge in [-0.2, -0.15) is 0 Å². The molecule has 1 amide bonds. The van der Waals surface area contributed by atoms with Crippen molar-refractivity contribution in [2.45, 2.75) is 6.92 Å². The number of nitrogens with zero attached hydrogens (tertiary/aromatic N) is 3. The monoisotopic (exact) mass is 279 g/mol. The smallest absolute Gasteiger partial charge is 0.254 e. The molecule has 1 aromatic carbocycles. The van der Waals surface area contributed by atoms with Crippen LogP contribution in [-0.4, -0.2) is 20.9 Å². The normalized spacial score (nSPS) is 10.7. The molecule has 3 aromatic rings. The Morgan fingerprint density at radius 2 is 1.90 bits per heavy atom. The topological polar surface area (TPSA) is 108 Å². The molecule has 0 aliphatic rings. The van der Waals surface area contributed by atoms with Gasteiger partial charge in [-0.05, 0) is 18.4 Å². The molecule has 3 rings (SSSR count). The van der Waals surface area contributed by atoms with Gasteiger partial charge in [0.2, 0.25) is 0 Å². The molecule has 0 aliphatic carbocycles. The van der Waals surface area contributed by atoms with Crippen LogP contribution in [0.15, 0.2) is 36.5 Å². The maximum Gasteiger partial charge on any atom is 0.254 e. The van der Waals surface area contributed by atoms with Crippen LogP contribution in [0.25, 0.3) is 22.3 Å². The van der Waals surface area contributed by atoms with Crippen molar-refractivity contribution in [2.24, 2.45) is 5.73 Å². The Morgan fingerprint density at radius 1 is 1.14 bits per heavy atom. The van der Waals surface area contributed by atoms with Crippen LogP contribution in [0.1, 0.15) is 16.1 Å². The van der Waals surface area contributed by atoms with Crippen molar-refractivity contribution in [1.29, 1.82) is 0 Å². The number of carbonyl (C=O) groups excluding carboxylic acids is 1. The van der Waals surface area contributed by atoms with E-state index in [-0.39, 0.29) is 11.4 Å². The largest absolute Gasteiger partial charge is 0.383 e. The number of benzene rings is 1. The number of aromatic nitrogens is 3. The summed E-state index contributed by atoms with van der Waals surface area (Å²) in [5.74, 6) is -0.186. The summed E-state index contributed by atoms with van der Waals surface area (Å²) in [5, 5.41) is 1.95. The summed E-state index contributed by atoms with van der Waals surface area (Å²) in [6.07, 6.45) is 1.69. The van der Waals surface area contributed by atoms with Gasteiger partial charge in [0.25, 0.3) is 5.91 Å². The van der Waals surface area contributed by atoms with Crippen molar-refractivity contribution in [3.8, 4) is 11.5 Å².